The molecule has 0 aromatic carbocycles. The molecule has 0 aromatic heterocycles. The Kier molecular flexibility index (Phi) is 1.90. The van der Waals surface area contributed by atoms with Crippen LogP contribution in [0, 0.1) is 0 Å². The fourth-order valence-corrected chi connectivity index (χ4v) is 2.69. The van der Waals surface area contributed by atoms with Gasteiger partial charge in [0.05, 0.1) is 0 Å². The Hall–Kier alpha value is -0.0369. The molecular weight excluding hydrogens is 301 g/mol. The van der Waals surface area contributed by atoms with Gasteiger partial charge in [0.25, 0.3) is 0 Å². The Morgan fingerprint density at radius 3 is 2.62 bits per heavy atom. The number of carboxylic acids is 1. The minimum absolute atomic E-state index is 0.188. The third kappa shape index (κ3) is 1.48. The monoisotopic (exact) mass is 305 g/mol. The minimum atomic E-state index is -0.937. The fourth-order valence-electron chi connectivity index (χ4n) is 0.432. The summed E-state index contributed by atoms with van der Waals surface area (Å²) in [7, 11) is 0. The van der Waals surface area contributed by atoms with E-state index in [-0.39, 0.29) is 6.42 Å². The van der Waals surface area contributed by atoms with Gasteiger partial charge in [-0.3, -0.25) is 0 Å². The van der Waals surface area contributed by atoms with Crippen LogP contribution >= 0.6 is 0 Å². The van der Waals surface area contributed by atoms with Crippen molar-refractivity contribution in [1.82, 2.24) is 0 Å². The van der Waals surface area contributed by atoms with Gasteiger partial charge in [-0.15, -0.1) is 0 Å². The molecule has 0 atom stereocenters. The molecule has 0 amide bonds. The van der Waals surface area contributed by atoms with Crippen molar-refractivity contribution in [3.05, 3.63) is 9.86 Å². The Morgan fingerprint density at radius 2 is 2.50 bits per heavy atom. The maximum absolute atomic E-state index is 9.87. The summed E-state index contributed by atoms with van der Waals surface area (Å²) in [4.78, 5) is 9.87. The zero-order valence-corrected chi connectivity index (χ0v) is 7.60. The molecule has 2 nitrogen and oxygen atoms in total. The Bertz CT molecular complexity index is 169. The summed E-state index contributed by atoms with van der Waals surface area (Å²) in [6, 6.07) is 0. The summed E-state index contributed by atoms with van der Waals surface area (Å²) in [5.74, 6) is -0.937. The van der Waals surface area contributed by atoms with Gasteiger partial charge in [-0.1, -0.05) is 0 Å². The molecule has 0 radical (unpaired) electrons. The van der Waals surface area contributed by atoms with Gasteiger partial charge in [-0.05, 0) is 0 Å². The molecule has 1 aliphatic rings. The number of hydrogen-bond acceptors (Lipinski definition) is 2. The maximum atomic E-state index is 9.87. The van der Waals surface area contributed by atoms with E-state index >= 15 is 0 Å². The topological polar surface area (TPSA) is 40.1 Å². The van der Waals surface area contributed by atoms with E-state index in [0.29, 0.717) is 0 Å². The van der Waals surface area contributed by atoms with Crippen molar-refractivity contribution < 1.29 is 9.90 Å². The summed E-state index contributed by atoms with van der Waals surface area (Å²) >= 11 is -0.519. The molecule has 1 aliphatic heterocycles. The number of allylic oxidation sites excluding steroid dienone is 1. The van der Waals surface area contributed by atoms with E-state index in [1.807, 2.05) is 6.08 Å². The van der Waals surface area contributed by atoms with Gasteiger partial charge < -0.3 is 0 Å². The number of carbonyl (C=O) groups is 1. The predicted molar refractivity (Wildman–Crippen MR) is 29.5 cm³/mol. The second-order valence-electron chi connectivity index (χ2n) is 1.48. The summed E-state index contributed by atoms with van der Waals surface area (Å²) in [6.45, 7) is 0. The average Bonchev–Trinajstić information content (AvgIpc) is 1.55. The van der Waals surface area contributed by atoms with Crippen LogP contribution in [0.25, 0.3) is 0 Å². The van der Waals surface area contributed by atoms with Crippen LogP contribution in [0.2, 0.25) is 0 Å². The van der Waals surface area contributed by atoms with Crippen LogP contribution in [-0.4, -0.2) is 31.9 Å². The first kappa shape index (κ1) is 6.09. The van der Waals surface area contributed by atoms with Crippen molar-refractivity contribution >= 4 is 31.9 Å². The molecule has 0 saturated carbocycles. The molecule has 3 heteroatoms. The quantitative estimate of drug-likeness (QED) is 0.585. The van der Waals surface area contributed by atoms with E-state index in [9.17, 15) is 9.90 Å². The summed E-state index contributed by atoms with van der Waals surface area (Å²) < 4.78 is 3.25. The molecule has 0 aliphatic carbocycles. The molecule has 0 unspecified atom stereocenters. The number of carbonyl (C=O) groups excluding carboxylic acids is 1. The van der Waals surface area contributed by atoms with E-state index in [1.54, 1.807) is 0 Å². The standard InChI is InChI=1S/C5H5O2.Bi/c1-2-3-4-5(6)7;/h1-2H,4H2,(H,6,7);/p-1. The first-order valence-corrected chi connectivity index (χ1v) is 5.97. The van der Waals surface area contributed by atoms with Crippen LogP contribution in [0.3, 0.4) is 0 Å². The number of aliphatic carboxylic acids is 1. The Morgan fingerprint density at radius 1 is 1.88 bits per heavy atom. The van der Waals surface area contributed by atoms with Crippen molar-refractivity contribution in [3.8, 4) is 0 Å². The van der Waals surface area contributed by atoms with Gasteiger partial charge in [0.2, 0.25) is 0 Å². The summed E-state index contributed by atoms with van der Waals surface area (Å²) in [6.07, 6.45) is 2.08. The van der Waals surface area contributed by atoms with Gasteiger partial charge >= 0.3 is 58.1 Å². The molecule has 0 saturated heterocycles. The van der Waals surface area contributed by atoms with E-state index in [1.165, 1.54) is 0 Å². The van der Waals surface area contributed by atoms with Crippen LogP contribution in [0.4, 0.5) is 0 Å². The summed E-state index contributed by atoms with van der Waals surface area (Å²) in [5, 5.41) is 9.87. The van der Waals surface area contributed by atoms with E-state index in [2.05, 4.69) is 3.78 Å². The number of rotatable bonds is 2. The van der Waals surface area contributed by atoms with Gasteiger partial charge in [0, 0.05) is 0 Å². The van der Waals surface area contributed by atoms with Crippen LogP contribution in [0.15, 0.2) is 9.86 Å². The molecule has 0 bridgehead atoms. The normalized spacial score (nSPS) is 14.8. The first-order chi connectivity index (χ1) is 3.79. The molecule has 0 aromatic rings. The van der Waals surface area contributed by atoms with Crippen molar-refractivity contribution in [2.75, 3.05) is 0 Å². The zero-order chi connectivity index (χ0) is 5.98. The third-order valence-electron chi connectivity index (χ3n) is 0.833. The Labute approximate surface area is 58.3 Å². The summed E-state index contributed by atoms with van der Waals surface area (Å²) in [5.41, 5.74) is 0. The van der Waals surface area contributed by atoms with Gasteiger partial charge in [0.15, 0.2) is 0 Å². The second-order valence-corrected chi connectivity index (χ2v) is 5.88. The molecule has 0 spiro atoms. The van der Waals surface area contributed by atoms with Crippen LogP contribution < -0.4 is 5.11 Å². The van der Waals surface area contributed by atoms with E-state index in [0.717, 1.165) is 3.21 Å². The van der Waals surface area contributed by atoms with Crippen LogP contribution in [0.5, 0.6) is 0 Å². The molecule has 1 heterocycles. The fraction of sp³-hybridized carbons (Fsp3) is 0.200. The first-order valence-electron chi connectivity index (χ1n) is 2.22. The second kappa shape index (κ2) is 2.49. The third-order valence-corrected chi connectivity index (χ3v) is 4.48. The molecule has 0 N–H and O–H groups in total. The average molecular weight is 305 g/mol. The zero-order valence-electron chi connectivity index (χ0n) is 4.13. The molecule has 1 rings (SSSR count). The van der Waals surface area contributed by atoms with Crippen molar-refractivity contribution in [2.24, 2.45) is 0 Å². The van der Waals surface area contributed by atoms with Crippen LogP contribution in [-0.2, 0) is 4.79 Å². The number of carboxylic acid groups (broad SMARTS) is 1. The van der Waals surface area contributed by atoms with Crippen molar-refractivity contribution in [1.29, 1.82) is 0 Å². The molecule has 8 heavy (non-hydrogen) atoms. The Balaban J connectivity index is 2.31. The van der Waals surface area contributed by atoms with Crippen LogP contribution in [0.1, 0.15) is 6.42 Å². The van der Waals surface area contributed by atoms with Gasteiger partial charge in [0.1, 0.15) is 0 Å². The van der Waals surface area contributed by atoms with E-state index < -0.39 is 28.7 Å². The molecule has 0 fully saturated rings. The molecule has 42 valence electrons. The van der Waals surface area contributed by atoms with Crippen molar-refractivity contribution in [3.63, 3.8) is 0 Å². The predicted octanol–water partition coefficient (Wildman–Crippen LogP) is -1.47. The number of hydrogen-bond donors (Lipinski definition) is 0. The van der Waals surface area contributed by atoms with E-state index in [4.69, 9.17) is 0 Å². The SMILES string of the molecule is O=C([O-])C[C]1=[Bi][CH]=C1. The van der Waals surface area contributed by atoms with Gasteiger partial charge in [-0.25, -0.2) is 0 Å². The molecular formula is C5H4BiO2-. The van der Waals surface area contributed by atoms with Gasteiger partial charge in [-0.2, -0.15) is 0 Å². The van der Waals surface area contributed by atoms with Crippen molar-refractivity contribution in [2.45, 2.75) is 6.42 Å².